The first-order valence-corrected chi connectivity index (χ1v) is 7.43. The molecular formula is C17H10F3N3O4. The van der Waals surface area contributed by atoms with E-state index in [0.29, 0.717) is 16.8 Å². The summed E-state index contributed by atoms with van der Waals surface area (Å²) in [7, 11) is 0. The van der Waals surface area contributed by atoms with Gasteiger partial charge >= 0.3 is 6.18 Å². The summed E-state index contributed by atoms with van der Waals surface area (Å²) in [6.07, 6.45) is -5.07. The zero-order chi connectivity index (χ0) is 19.9. The Hall–Kier alpha value is -3.69. The fraction of sp³-hybridized carbons (Fsp3) is 0.0588. The van der Waals surface area contributed by atoms with Gasteiger partial charge in [-0.2, -0.15) is 13.2 Å². The number of nitrogens with zero attached hydrogens (tertiary/aromatic N) is 2. The summed E-state index contributed by atoms with van der Waals surface area (Å²) in [5.41, 5.74) is 1.33. The molecule has 7 nitrogen and oxygen atoms in total. The Kier molecular flexibility index (Phi) is 4.18. The highest BCUT2D eigenvalue weighted by Crippen LogP contribution is 2.47. The number of benzene rings is 3. The smallest absolute Gasteiger partial charge is 0.398 e. The van der Waals surface area contributed by atoms with Crippen LogP contribution in [-0.4, -0.2) is 9.85 Å². The number of rotatable bonds is 3. The maximum absolute atomic E-state index is 13.6. The van der Waals surface area contributed by atoms with Gasteiger partial charge in [-0.05, 0) is 5.39 Å². The summed E-state index contributed by atoms with van der Waals surface area (Å²) in [6.45, 7) is 0. The number of hydrogen-bond donors (Lipinski definition) is 1. The molecule has 0 aliphatic rings. The second kappa shape index (κ2) is 6.24. The third-order valence-electron chi connectivity index (χ3n) is 4.06. The molecule has 0 radical (unpaired) electrons. The van der Waals surface area contributed by atoms with Crippen molar-refractivity contribution in [1.82, 2.24) is 0 Å². The molecule has 0 spiro atoms. The molecule has 0 amide bonds. The number of hydrogen-bond acceptors (Lipinski definition) is 5. The van der Waals surface area contributed by atoms with Crippen molar-refractivity contribution in [2.45, 2.75) is 6.18 Å². The molecule has 0 saturated carbocycles. The summed E-state index contributed by atoms with van der Waals surface area (Å²) < 4.78 is 40.7. The summed E-state index contributed by atoms with van der Waals surface area (Å²) in [4.78, 5) is 20.1. The van der Waals surface area contributed by atoms with Crippen LogP contribution in [0.2, 0.25) is 0 Å². The third kappa shape index (κ3) is 3.12. The van der Waals surface area contributed by atoms with E-state index in [-0.39, 0.29) is 17.3 Å². The number of alkyl halides is 3. The second-order valence-electron chi connectivity index (χ2n) is 5.65. The van der Waals surface area contributed by atoms with Gasteiger partial charge in [-0.1, -0.05) is 36.4 Å². The van der Waals surface area contributed by atoms with Crippen LogP contribution >= 0.6 is 0 Å². The Morgan fingerprint density at radius 2 is 1.59 bits per heavy atom. The number of halogens is 3. The molecule has 3 rings (SSSR count). The van der Waals surface area contributed by atoms with E-state index >= 15 is 0 Å². The monoisotopic (exact) mass is 377 g/mol. The summed E-state index contributed by atoms with van der Waals surface area (Å²) in [5, 5.41) is 23.4. The molecule has 138 valence electrons. The highest BCUT2D eigenvalue weighted by molar-refractivity contribution is 6.02. The minimum Gasteiger partial charge on any atom is -0.398 e. The fourth-order valence-corrected chi connectivity index (χ4v) is 2.88. The SMILES string of the molecule is Nc1c(-c2c([N+](=O)[O-])cc([N+](=O)[O-])cc2C(F)(F)F)ccc2ccccc12. The number of nitro groups is 2. The Bertz CT molecular complexity index is 1100. The van der Waals surface area contributed by atoms with Crippen LogP contribution in [0, 0.1) is 20.2 Å². The van der Waals surface area contributed by atoms with Crippen molar-refractivity contribution in [3.63, 3.8) is 0 Å². The minimum atomic E-state index is -5.07. The molecule has 2 N–H and O–H groups in total. The van der Waals surface area contributed by atoms with Gasteiger partial charge in [-0.15, -0.1) is 0 Å². The molecule has 0 aliphatic heterocycles. The van der Waals surface area contributed by atoms with Gasteiger partial charge < -0.3 is 5.73 Å². The summed E-state index contributed by atoms with van der Waals surface area (Å²) >= 11 is 0. The lowest BCUT2D eigenvalue weighted by Crippen LogP contribution is -2.11. The molecular weight excluding hydrogens is 367 g/mol. The van der Waals surface area contributed by atoms with Crippen molar-refractivity contribution in [2.24, 2.45) is 0 Å². The van der Waals surface area contributed by atoms with Crippen molar-refractivity contribution < 1.29 is 23.0 Å². The number of nitrogens with two attached hydrogens (primary N) is 1. The highest BCUT2D eigenvalue weighted by Gasteiger charge is 2.40. The first kappa shape index (κ1) is 18.1. The standard InChI is InChI=1S/C17H10F3N3O4/c18-17(19,20)13-7-10(22(24)25)8-14(23(26)27)15(13)12-6-5-9-3-1-2-4-11(9)16(12)21/h1-8H,21H2. The van der Waals surface area contributed by atoms with Crippen LogP contribution in [0.1, 0.15) is 5.56 Å². The molecule has 0 bridgehead atoms. The molecule has 3 aromatic rings. The van der Waals surface area contributed by atoms with Crippen LogP contribution in [0.4, 0.5) is 30.2 Å². The van der Waals surface area contributed by atoms with Gasteiger partial charge in [0.1, 0.15) is 0 Å². The van der Waals surface area contributed by atoms with Gasteiger partial charge in [0.2, 0.25) is 0 Å². The van der Waals surface area contributed by atoms with E-state index in [9.17, 15) is 33.4 Å². The van der Waals surface area contributed by atoms with Crippen LogP contribution in [-0.2, 0) is 6.18 Å². The van der Waals surface area contributed by atoms with Crippen LogP contribution in [0.5, 0.6) is 0 Å². The molecule has 3 aromatic carbocycles. The average Bonchev–Trinajstić information content (AvgIpc) is 2.60. The zero-order valence-electron chi connectivity index (χ0n) is 13.4. The molecule has 0 aromatic heterocycles. The predicted molar refractivity (Wildman–Crippen MR) is 92.1 cm³/mol. The summed E-state index contributed by atoms with van der Waals surface area (Å²) in [6, 6.07) is 10.1. The van der Waals surface area contributed by atoms with Gasteiger partial charge in [0.15, 0.2) is 0 Å². The quantitative estimate of drug-likeness (QED) is 0.395. The Labute approximate surface area is 149 Å². The molecule has 0 fully saturated rings. The minimum absolute atomic E-state index is 0.0875. The lowest BCUT2D eigenvalue weighted by Gasteiger charge is -2.16. The molecule has 27 heavy (non-hydrogen) atoms. The van der Waals surface area contributed by atoms with Crippen molar-refractivity contribution >= 4 is 27.8 Å². The van der Waals surface area contributed by atoms with Gasteiger partial charge in [0, 0.05) is 22.7 Å². The van der Waals surface area contributed by atoms with Crippen molar-refractivity contribution in [3.8, 4) is 11.1 Å². The van der Waals surface area contributed by atoms with Crippen LogP contribution in [0.15, 0.2) is 48.5 Å². The van der Waals surface area contributed by atoms with Gasteiger partial charge in [-0.25, -0.2) is 0 Å². The lowest BCUT2D eigenvalue weighted by molar-refractivity contribution is -0.394. The van der Waals surface area contributed by atoms with Gasteiger partial charge in [0.25, 0.3) is 11.4 Å². The maximum Gasteiger partial charge on any atom is 0.417 e. The Balaban J connectivity index is 2.46. The Morgan fingerprint density at radius 1 is 0.926 bits per heavy atom. The highest BCUT2D eigenvalue weighted by atomic mass is 19.4. The second-order valence-corrected chi connectivity index (χ2v) is 5.65. The van der Waals surface area contributed by atoms with Crippen molar-refractivity contribution in [2.75, 3.05) is 5.73 Å². The fourth-order valence-electron chi connectivity index (χ4n) is 2.88. The molecule has 0 aliphatic carbocycles. The van der Waals surface area contributed by atoms with E-state index in [0.717, 1.165) is 0 Å². The van der Waals surface area contributed by atoms with Crippen LogP contribution in [0.25, 0.3) is 21.9 Å². The topological polar surface area (TPSA) is 112 Å². The van der Waals surface area contributed by atoms with Gasteiger partial charge in [-0.3, -0.25) is 20.2 Å². The Morgan fingerprint density at radius 3 is 2.19 bits per heavy atom. The van der Waals surface area contributed by atoms with Crippen LogP contribution in [0.3, 0.4) is 0 Å². The van der Waals surface area contributed by atoms with E-state index in [2.05, 4.69) is 0 Å². The average molecular weight is 377 g/mol. The van der Waals surface area contributed by atoms with E-state index < -0.39 is 38.5 Å². The normalized spacial score (nSPS) is 11.5. The maximum atomic E-state index is 13.6. The molecule has 0 atom stereocenters. The largest absolute Gasteiger partial charge is 0.417 e. The first-order chi connectivity index (χ1) is 12.6. The summed E-state index contributed by atoms with van der Waals surface area (Å²) in [5.74, 6) is 0. The van der Waals surface area contributed by atoms with Crippen molar-refractivity contribution in [1.29, 1.82) is 0 Å². The first-order valence-electron chi connectivity index (χ1n) is 7.43. The lowest BCUT2D eigenvalue weighted by atomic mass is 9.93. The van der Waals surface area contributed by atoms with E-state index in [1.807, 2.05) is 0 Å². The number of fused-ring (bicyclic) bond motifs is 1. The molecule has 0 heterocycles. The van der Waals surface area contributed by atoms with E-state index in [1.165, 1.54) is 12.1 Å². The van der Waals surface area contributed by atoms with E-state index in [4.69, 9.17) is 5.73 Å². The van der Waals surface area contributed by atoms with Crippen LogP contribution < -0.4 is 5.73 Å². The predicted octanol–water partition coefficient (Wildman–Crippen LogP) is 4.92. The number of anilines is 1. The molecule has 0 saturated heterocycles. The third-order valence-corrected chi connectivity index (χ3v) is 4.06. The van der Waals surface area contributed by atoms with Crippen molar-refractivity contribution in [3.05, 3.63) is 74.3 Å². The number of non-ortho nitro benzene ring substituents is 1. The number of nitrogen functional groups attached to an aromatic ring is 1. The molecule has 10 heteroatoms. The molecule has 0 unspecified atom stereocenters. The van der Waals surface area contributed by atoms with Gasteiger partial charge in [0.05, 0.1) is 27.0 Å². The zero-order valence-corrected chi connectivity index (χ0v) is 13.4. The number of nitro benzene ring substituents is 2. The van der Waals surface area contributed by atoms with E-state index in [1.54, 1.807) is 24.3 Å².